The molecule has 6 heteroatoms. The number of rotatable bonds is 9. The van der Waals surface area contributed by atoms with Crippen LogP contribution in [0, 0.1) is 0 Å². The Balaban J connectivity index is 1.25. The number of unbranched alkanes of at least 4 members (excludes halogenated alkanes) is 1. The van der Waals surface area contributed by atoms with Gasteiger partial charge in [-0.2, -0.15) is 0 Å². The molecule has 1 atom stereocenters. The first-order chi connectivity index (χ1) is 11.8. The highest BCUT2D eigenvalue weighted by Gasteiger charge is 2.15. The van der Waals surface area contributed by atoms with Gasteiger partial charge in [-0.05, 0) is 37.8 Å². The molecule has 2 aromatic rings. The second kappa shape index (κ2) is 9.68. The van der Waals surface area contributed by atoms with E-state index < -0.39 is 0 Å². The molecule has 1 fully saturated rings. The molecule has 130 valence electrons. The van der Waals surface area contributed by atoms with Gasteiger partial charge in [-0.15, -0.1) is 11.3 Å². The maximum Gasteiger partial charge on any atom is 0.219 e. The molecule has 1 N–H and O–H groups in total. The third kappa shape index (κ3) is 5.67. The highest BCUT2D eigenvalue weighted by atomic mass is 33.1. The smallest absolute Gasteiger partial charge is 0.219 e. The van der Waals surface area contributed by atoms with Gasteiger partial charge in [0.05, 0.1) is 15.2 Å². The van der Waals surface area contributed by atoms with Gasteiger partial charge in [-0.1, -0.05) is 40.1 Å². The molecule has 3 nitrogen and oxygen atoms in total. The van der Waals surface area contributed by atoms with Crippen molar-refractivity contribution >= 4 is 49.0 Å². The molecule has 1 aromatic carbocycles. The van der Waals surface area contributed by atoms with Crippen LogP contribution in [-0.2, 0) is 11.2 Å². The molecular weight excluding hydrogens is 356 g/mol. The molecule has 0 bridgehead atoms. The van der Waals surface area contributed by atoms with Gasteiger partial charge in [0, 0.05) is 30.4 Å². The summed E-state index contributed by atoms with van der Waals surface area (Å²) in [6.07, 6.45) is 7.38. The second-order valence-corrected chi connectivity index (χ2v) is 10.0. The number of carbonyl (C=O) groups excluding carboxylic acids is 1. The lowest BCUT2D eigenvalue weighted by molar-refractivity contribution is -0.121. The molecule has 0 spiro atoms. The van der Waals surface area contributed by atoms with Crippen LogP contribution in [0.5, 0.6) is 0 Å². The minimum Gasteiger partial charge on any atom is -0.356 e. The summed E-state index contributed by atoms with van der Waals surface area (Å²) in [5, 5.41) is 5.03. The van der Waals surface area contributed by atoms with Gasteiger partial charge in [0.2, 0.25) is 5.91 Å². The normalized spacial score (nSPS) is 17.4. The van der Waals surface area contributed by atoms with Crippen LogP contribution in [0.3, 0.4) is 0 Å². The van der Waals surface area contributed by atoms with E-state index in [0.717, 1.165) is 41.6 Å². The van der Waals surface area contributed by atoms with E-state index in [0.29, 0.717) is 6.42 Å². The zero-order chi connectivity index (χ0) is 16.6. The molecule has 3 rings (SSSR count). The van der Waals surface area contributed by atoms with Crippen molar-refractivity contribution in [2.24, 2.45) is 0 Å². The number of aromatic nitrogens is 1. The first-order valence-corrected chi connectivity index (χ1v) is 11.9. The number of hydrogen-bond acceptors (Lipinski definition) is 5. The molecule has 1 unspecified atom stereocenters. The molecule has 1 aliphatic heterocycles. The number of fused-ring (bicyclic) bond motifs is 1. The monoisotopic (exact) mass is 380 g/mol. The topological polar surface area (TPSA) is 42.0 Å². The van der Waals surface area contributed by atoms with Crippen LogP contribution < -0.4 is 5.32 Å². The SMILES string of the molecule is O=C(CCCCC1CCSS1)NCCCc1nc2ccccc2s1. The summed E-state index contributed by atoms with van der Waals surface area (Å²) in [5.41, 5.74) is 1.08. The van der Waals surface area contributed by atoms with Gasteiger partial charge in [0.25, 0.3) is 0 Å². The molecule has 2 heterocycles. The number of para-hydroxylation sites is 1. The van der Waals surface area contributed by atoms with Crippen molar-refractivity contribution in [2.45, 2.75) is 50.2 Å². The second-order valence-electron chi connectivity index (χ2n) is 6.10. The summed E-state index contributed by atoms with van der Waals surface area (Å²) in [5.74, 6) is 1.50. The van der Waals surface area contributed by atoms with Gasteiger partial charge < -0.3 is 5.32 Å². The Hall–Kier alpha value is -0.720. The van der Waals surface area contributed by atoms with Crippen LogP contribution in [0.15, 0.2) is 24.3 Å². The van der Waals surface area contributed by atoms with Gasteiger partial charge in [-0.25, -0.2) is 4.98 Å². The van der Waals surface area contributed by atoms with Crippen molar-refractivity contribution in [3.8, 4) is 0 Å². The number of aryl methyl sites for hydroxylation is 1. The average Bonchev–Trinajstić information content (AvgIpc) is 3.24. The van der Waals surface area contributed by atoms with Crippen LogP contribution in [0.4, 0.5) is 0 Å². The number of thiazole rings is 1. The van der Waals surface area contributed by atoms with E-state index in [9.17, 15) is 4.79 Å². The number of amides is 1. The van der Waals surface area contributed by atoms with Crippen LogP contribution in [0.1, 0.15) is 43.5 Å². The maximum absolute atomic E-state index is 11.9. The van der Waals surface area contributed by atoms with Gasteiger partial charge in [0.1, 0.15) is 0 Å². The van der Waals surface area contributed by atoms with Gasteiger partial charge >= 0.3 is 0 Å². The van der Waals surface area contributed by atoms with Gasteiger partial charge in [0.15, 0.2) is 0 Å². The summed E-state index contributed by atoms with van der Waals surface area (Å²) in [6.45, 7) is 0.754. The van der Waals surface area contributed by atoms with Crippen LogP contribution >= 0.6 is 32.9 Å². The van der Waals surface area contributed by atoms with E-state index in [1.54, 1.807) is 11.3 Å². The lowest BCUT2D eigenvalue weighted by Gasteiger charge is -2.07. The Morgan fingerprint density at radius 3 is 3.00 bits per heavy atom. The summed E-state index contributed by atoms with van der Waals surface area (Å²) in [6, 6.07) is 8.24. The first kappa shape index (κ1) is 18.1. The highest BCUT2D eigenvalue weighted by molar-refractivity contribution is 8.77. The van der Waals surface area contributed by atoms with Crippen LogP contribution in [0.2, 0.25) is 0 Å². The zero-order valence-corrected chi connectivity index (χ0v) is 16.3. The first-order valence-electron chi connectivity index (χ1n) is 8.71. The molecule has 0 radical (unpaired) electrons. The van der Waals surface area contributed by atoms with Crippen molar-refractivity contribution in [1.82, 2.24) is 10.3 Å². The minimum absolute atomic E-state index is 0.202. The van der Waals surface area contributed by atoms with Crippen molar-refractivity contribution < 1.29 is 4.79 Å². The molecule has 0 aliphatic carbocycles. The predicted octanol–water partition coefficient (Wildman–Crippen LogP) is 5.06. The van der Waals surface area contributed by atoms with E-state index in [2.05, 4.69) is 28.5 Å². The third-order valence-electron chi connectivity index (χ3n) is 4.13. The summed E-state index contributed by atoms with van der Waals surface area (Å²) in [7, 11) is 4.02. The number of hydrogen-bond donors (Lipinski definition) is 1. The quantitative estimate of drug-likeness (QED) is 0.488. The van der Waals surface area contributed by atoms with E-state index in [4.69, 9.17) is 0 Å². The Morgan fingerprint density at radius 2 is 2.17 bits per heavy atom. The Kier molecular flexibility index (Phi) is 7.30. The fourth-order valence-electron chi connectivity index (χ4n) is 2.80. The van der Waals surface area contributed by atoms with Crippen LogP contribution in [-0.4, -0.2) is 28.4 Å². The zero-order valence-electron chi connectivity index (χ0n) is 13.8. The van der Waals surface area contributed by atoms with Crippen molar-refractivity contribution in [2.75, 3.05) is 12.3 Å². The van der Waals surface area contributed by atoms with Crippen molar-refractivity contribution in [3.63, 3.8) is 0 Å². The van der Waals surface area contributed by atoms with Crippen molar-refractivity contribution in [3.05, 3.63) is 29.3 Å². The van der Waals surface area contributed by atoms with E-state index in [-0.39, 0.29) is 5.91 Å². The standard InChI is InChI=1S/C18H24N2OS3/c21-17(9-4-1-6-14-11-13-22-24-14)19-12-5-10-18-20-15-7-2-3-8-16(15)23-18/h2-3,7-8,14H,1,4-6,9-13H2,(H,19,21). The fraction of sp³-hybridized carbons (Fsp3) is 0.556. The van der Waals surface area contributed by atoms with E-state index in [1.165, 1.54) is 29.7 Å². The number of benzene rings is 1. The Bertz CT molecular complexity index is 620. The largest absolute Gasteiger partial charge is 0.356 e. The molecular formula is C18H24N2OS3. The maximum atomic E-state index is 11.9. The molecule has 1 saturated heterocycles. The summed E-state index contributed by atoms with van der Waals surface area (Å²) >= 11 is 1.76. The molecule has 0 saturated carbocycles. The number of carbonyl (C=O) groups is 1. The molecule has 1 aromatic heterocycles. The van der Waals surface area contributed by atoms with E-state index >= 15 is 0 Å². The molecule has 1 aliphatic rings. The predicted molar refractivity (Wildman–Crippen MR) is 108 cm³/mol. The lowest BCUT2D eigenvalue weighted by atomic mass is 10.1. The van der Waals surface area contributed by atoms with Crippen molar-refractivity contribution in [1.29, 1.82) is 0 Å². The lowest BCUT2D eigenvalue weighted by Crippen LogP contribution is -2.24. The minimum atomic E-state index is 0.202. The Morgan fingerprint density at radius 1 is 1.25 bits per heavy atom. The van der Waals surface area contributed by atoms with E-state index in [1.807, 2.05) is 27.7 Å². The summed E-state index contributed by atoms with van der Waals surface area (Å²) in [4.78, 5) is 16.5. The van der Waals surface area contributed by atoms with Crippen LogP contribution in [0.25, 0.3) is 10.2 Å². The fourth-order valence-corrected chi connectivity index (χ4v) is 6.84. The Labute approximate surface area is 155 Å². The highest BCUT2D eigenvalue weighted by Crippen LogP contribution is 2.39. The number of nitrogens with zero attached hydrogens (tertiary/aromatic N) is 1. The molecule has 1 amide bonds. The number of nitrogens with one attached hydrogen (secondary N) is 1. The summed E-state index contributed by atoms with van der Waals surface area (Å²) < 4.78 is 1.25. The third-order valence-corrected chi connectivity index (χ3v) is 8.24. The molecule has 24 heavy (non-hydrogen) atoms. The van der Waals surface area contributed by atoms with Gasteiger partial charge in [-0.3, -0.25) is 4.79 Å². The average molecular weight is 381 g/mol.